The fourth-order valence-electron chi connectivity index (χ4n) is 2.74. The van der Waals surface area contributed by atoms with Crippen LogP contribution in [-0.4, -0.2) is 15.8 Å². The minimum absolute atomic E-state index is 0.453. The van der Waals surface area contributed by atoms with E-state index in [0.717, 1.165) is 24.1 Å². The first-order valence-corrected chi connectivity index (χ1v) is 7.33. The third-order valence-corrected chi connectivity index (χ3v) is 4.36. The van der Waals surface area contributed by atoms with Gasteiger partial charge in [-0.3, -0.25) is 4.68 Å². The lowest BCUT2D eigenvalue weighted by Crippen LogP contribution is -2.35. The minimum atomic E-state index is 0.453. The van der Waals surface area contributed by atoms with E-state index in [-0.39, 0.29) is 0 Å². The Morgan fingerprint density at radius 3 is 2.72 bits per heavy atom. The van der Waals surface area contributed by atoms with Crippen LogP contribution in [0.3, 0.4) is 0 Å². The SMILES string of the molecule is CC1CCC(NCc2ccn(C(C)C)n2)CC1C. The number of aromatic nitrogens is 2. The first-order valence-electron chi connectivity index (χ1n) is 7.33. The summed E-state index contributed by atoms with van der Waals surface area (Å²) in [5, 5.41) is 8.25. The van der Waals surface area contributed by atoms with Gasteiger partial charge in [0.1, 0.15) is 0 Å². The second kappa shape index (κ2) is 5.87. The van der Waals surface area contributed by atoms with Gasteiger partial charge in [-0.15, -0.1) is 0 Å². The van der Waals surface area contributed by atoms with Gasteiger partial charge in [-0.25, -0.2) is 0 Å². The van der Waals surface area contributed by atoms with Gasteiger partial charge >= 0.3 is 0 Å². The largest absolute Gasteiger partial charge is 0.308 e. The highest BCUT2D eigenvalue weighted by Crippen LogP contribution is 2.29. The van der Waals surface area contributed by atoms with Crippen LogP contribution < -0.4 is 5.32 Å². The predicted molar refractivity (Wildman–Crippen MR) is 75.4 cm³/mol. The van der Waals surface area contributed by atoms with Gasteiger partial charge in [-0.1, -0.05) is 13.8 Å². The molecule has 1 N–H and O–H groups in total. The van der Waals surface area contributed by atoms with Gasteiger partial charge in [-0.05, 0) is 51.0 Å². The van der Waals surface area contributed by atoms with Crippen molar-refractivity contribution in [3.8, 4) is 0 Å². The molecule has 0 saturated heterocycles. The molecule has 1 aromatic rings. The quantitative estimate of drug-likeness (QED) is 0.886. The predicted octanol–water partition coefficient (Wildman–Crippen LogP) is 3.38. The minimum Gasteiger partial charge on any atom is -0.308 e. The zero-order valence-corrected chi connectivity index (χ0v) is 12.2. The van der Waals surface area contributed by atoms with Crippen LogP contribution in [0.4, 0.5) is 0 Å². The van der Waals surface area contributed by atoms with Crippen molar-refractivity contribution in [2.45, 2.75) is 65.6 Å². The maximum atomic E-state index is 4.58. The lowest BCUT2D eigenvalue weighted by molar-refractivity contribution is 0.225. The summed E-state index contributed by atoms with van der Waals surface area (Å²) in [6.45, 7) is 9.99. The van der Waals surface area contributed by atoms with Crippen LogP contribution >= 0.6 is 0 Å². The second-order valence-electron chi connectivity index (χ2n) is 6.23. The van der Waals surface area contributed by atoms with Gasteiger partial charge in [0.2, 0.25) is 0 Å². The highest BCUT2D eigenvalue weighted by atomic mass is 15.3. The third-order valence-electron chi connectivity index (χ3n) is 4.36. The molecule has 0 spiro atoms. The summed E-state index contributed by atoms with van der Waals surface area (Å²) in [6.07, 6.45) is 6.06. The Bertz CT molecular complexity index is 370. The van der Waals surface area contributed by atoms with Crippen molar-refractivity contribution in [3.63, 3.8) is 0 Å². The Kier molecular flexibility index (Phi) is 4.44. The van der Waals surface area contributed by atoms with Crippen molar-refractivity contribution in [2.24, 2.45) is 11.8 Å². The van der Waals surface area contributed by atoms with E-state index in [1.807, 2.05) is 4.68 Å². The lowest BCUT2D eigenvalue weighted by atomic mass is 9.79. The Hall–Kier alpha value is -0.830. The molecule has 0 amide bonds. The van der Waals surface area contributed by atoms with Crippen LogP contribution in [0.25, 0.3) is 0 Å². The van der Waals surface area contributed by atoms with Crippen molar-refractivity contribution in [1.82, 2.24) is 15.1 Å². The van der Waals surface area contributed by atoms with Crippen LogP contribution in [0.2, 0.25) is 0 Å². The number of hydrogen-bond donors (Lipinski definition) is 1. The summed E-state index contributed by atoms with van der Waals surface area (Å²) in [7, 11) is 0. The molecule has 1 fully saturated rings. The topological polar surface area (TPSA) is 29.9 Å². The summed E-state index contributed by atoms with van der Waals surface area (Å²) < 4.78 is 2.03. The highest BCUT2D eigenvalue weighted by Gasteiger charge is 2.24. The molecule has 3 nitrogen and oxygen atoms in total. The van der Waals surface area contributed by atoms with E-state index in [2.05, 4.69) is 50.4 Å². The smallest absolute Gasteiger partial charge is 0.0762 e. The van der Waals surface area contributed by atoms with Crippen LogP contribution in [0.1, 0.15) is 58.7 Å². The fraction of sp³-hybridized carbons (Fsp3) is 0.800. The molecular formula is C15H27N3. The summed E-state index contributed by atoms with van der Waals surface area (Å²) >= 11 is 0. The van der Waals surface area contributed by atoms with E-state index < -0.39 is 0 Å². The average molecular weight is 249 g/mol. The van der Waals surface area contributed by atoms with Gasteiger partial charge in [-0.2, -0.15) is 5.10 Å². The molecule has 0 radical (unpaired) electrons. The number of nitrogens with one attached hydrogen (secondary N) is 1. The monoisotopic (exact) mass is 249 g/mol. The molecule has 0 aliphatic heterocycles. The third kappa shape index (κ3) is 3.35. The van der Waals surface area contributed by atoms with Crippen molar-refractivity contribution in [2.75, 3.05) is 0 Å². The zero-order chi connectivity index (χ0) is 13.1. The summed E-state index contributed by atoms with van der Waals surface area (Å²) in [5.74, 6) is 1.74. The van der Waals surface area contributed by atoms with Crippen LogP contribution in [0, 0.1) is 11.8 Å². The maximum absolute atomic E-state index is 4.58. The molecule has 1 saturated carbocycles. The molecule has 0 bridgehead atoms. The maximum Gasteiger partial charge on any atom is 0.0762 e. The molecule has 102 valence electrons. The Morgan fingerprint density at radius 2 is 2.11 bits per heavy atom. The van der Waals surface area contributed by atoms with Gasteiger partial charge in [0, 0.05) is 24.8 Å². The lowest BCUT2D eigenvalue weighted by Gasteiger charge is -2.32. The molecule has 1 aliphatic carbocycles. The molecule has 3 unspecified atom stereocenters. The van der Waals surface area contributed by atoms with E-state index in [0.29, 0.717) is 12.1 Å². The zero-order valence-electron chi connectivity index (χ0n) is 12.2. The van der Waals surface area contributed by atoms with Crippen LogP contribution in [0.15, 0.2) is 12.3 Å². The van der Waals surface area contributed by atoms with E-state index in [9.17, 15) is 0 Å². The van der Waals surface area contributed by atoms with Crippen molar-refractivity contribution in [1.29, 1.82) is 0 Å². The Balaban J connectivity index is 1.80. The first-order chi connectivity index (χ1) is 8.56. The molecule has 2 rings (SSSR count). The molecule has 0 aromatic carbocycles. The Labute approximate surface area is 111 Å². The highest BCUT2D eigenvalue weighted by molar-refractivity contribution is 4.99. The van der Waals surface area contributed by atoms with E-state index in [4.69, 9.17) is 0 Å². The van der Waals surface area contributed by atoms with E-state index in [1.54, 1.807) is 0 Å². The van der Waals surface area contributed by atoms with Crippen LogP contribution in [0.5, 0.6) is 0 Å². The van der Waals surface area contributed by atoms with E-state index >= 15 is 0 Å². The molecule has 1 heterocycles. The molecular weight excluding hydrogens is 222 g/mol. The number of nitrogens with zero attached hydrogens (tertiary/aromatic N) is 2. The molecule has 3 heteroatoms. The van der Waals surface area contributed by atoms with Gasteiger partial charge in [0.15, 0.2) is 0 Å². The summed E-state index contributed by atoms with van der Waals surface area (Å²) in [4.78, 5) is 0. The Morgan fingerprint density at radius 1 is 1.33 bits per heavy atom. The number of rotatable bonds is 4. The standard InChI is InChI=1S/C15H27N3/c1-11(2)18-8-7-15(17-18)10-16-14-6-5-12(3)13(4)9-14/h7-8,11-14,16H,5-6,9-10H2,1-4H3. The average Bonchev–Trinajstić information content (AvgIpc) is 2.79. The van der Waals surface area contributed by atoms with E-state index in [1.165, 1.54) is 19.3 Å². The summed E-state index contributed by atoms with van der Waals surface area (Å²) in [6, 6.07) is 3.26. The first kappa shape index (κ1) is 13.6. The second-order valence-corrected chi connectivity index (χ2v) is 6.23. The fourth-order valence-corrected chi connectivity index (χ4v) is 2.74. The molecule has 1 aliphatic rings. The molecule has 3 atom stereocenters. The van der Waals surface area contributed by atoms with Crippen molar-refractivity contribution < 1.29 is 0 Å². The van der Waals surface area contributed by atoms with Crippen molar-refractivity contribution >= 4 is 0 Å². The van der Waals surface area contributed by atoms with Gasteiger partial charge in [0.25, 0.3) is 0 Å². The van der Waals surface area contributed by atoms with Gasteiger partial charge in [0.05, 0.1) is 5.69 Å². The molecule has 1 aromatic heterocycles. The summed E-state index contributed by atoms with van der Waals surface area (Å²) in [5.41, 5.74) is 1.16. The normalized spacial score (nSPS) is 28.8. The number of hydrogen-bond acceptors (Lipinski definition) is 2. The van der Waals surface area contributed by atoms with Crippen molar-refractivity contribution in [3.05, 3.63) is 18.0 Å². The molecule has 18 heavy (non-hydrogen) atoms. The van der Waals surface area contributed by atoms with Crippen LogP contribution in [-0.2, 0) is 6.54 Å². The van der Waals surface area contributed by atoms with Gasteiger partial charge < -0.3 is 5.32 Å².